The van der Waals surface area contributed by atoms with Gasteiger partial charge in [0.15, 0.2) is 5.24 Å². The Morgan fingerprint density at radius 2 is 1.79 bits per heavy atom. The smallest absolute Gasteiger partial charge is 0.254 e. The molecule has 1 aliphatic carbocycles. The van der Waals surface area contributed by atoms with Gasteiger partial charge in [-0.1, -0.05) is 71.3 Å². The van der Waals surface area contributed by atoms with Gasteiger partial charge in [0.05, 0.1) is 5.69 Å². The van der Waals surface area contributed by atoms with Crippen molar-refractivity contribution >= 4 is 48.8 Å². The van der Waals surface area contributed by atoms with Gasteiger partial charge >= 0.3 is 0 Å². The molecule has 2 rings (SSSR count). The number of hydrogen-bond acceptors (Lipinski definition) is 3. The minimum Gasteiger partial charge on any atom is -0.366 e. The first-order valence-corrected chi connectivity index (χ1v) is 15.1. The number of nitrogens with zero attached hydrogens (tertiary/aromatic N) is 1. The predicted octanol–water partition coefficient (Wildman–Crippen LogP) is 7.48. The number of rotatable bonds is 13. The third-order valence-electron chi connectivity index (χ3n) is 6.04. The van der Waals surface area contributed by atoms with Crippen LogP contribution in [0.5, 0.6) is 0 Å². The number of benzene rings is 1. The van der Waals surface area contributed by atoms with Crippen molar-refractivity contribution in [3.8, 4) is 0 Å². The van der Waals surface area contributed by atoms with Gasteiger partial charge in [0.25, 0.3) is 5.91 Å². The van der Waals surface area contributed by atoms with Crippen molar-refractivity contribution in [2.45, 2.75) is 82.3 Å². The zero-order chi connectivity index (χ0) is 24.4. The van der Waals surface area contributed by atoms with Gasteiger partial charge in [-0.25, -0.2) is 4.39 Å². The van der Waals surface area contributed by atoms with Crippen LogP contribution in [0.1, 0.15) is 72.1 Å². The van der Waals surface area contributed by atoms with Crippen molar-refractivity contribution in [2.75, 3.05) is 23.8 Å². The highest BCUT2D eigenvalue weighted by atomic mass is 35.5. The van der Waals surface area contributed by atoms with Crippen LogP contribution in [-0.4, -0.2) is 35.9 Å². The van der Waals surface area contributed by atoms with Gasteiger partial charge in [-0.2, -0.15) is 0 Å². The monoisotopic (exact) mass is 514 g/mol. The molecule has 1 unspecified atom stereocenters. The Kier molecular flexibility index (Phi) is 12.2. The zero-order valence-electron chi connectivity index (χ0n) is 20.0. The Balaban J connectivity index is 2.46. The molecule has 0 saturated heterocycles. The molecule has 0 heterocycles. The van der Waals surface area contributed by atoms with Crippen molar-refractivity contribution in [1.29, 1.82) is 0 Å². The van der Waals surface area contributed by atoms with Gasteiger partial charge in [-0.15, -0.1) is 0 Å². The SMILES string of the molecule is CCCCCCN(C(=O)C1=C(C(N)=O)CCCC1)c1ccc(Cl)cc1SC(F)P(CC)CC. The van der Waals surface area contributed by atoms with Gasteiger partial charge in [-0.05, 0) is 62.6 Å². The molecule has 1 aromatic carbocycles. The lowest BCUT2D eigenvalue weighted by molar-refractivity contribution is -0.117. The Morgan fingerprint density at radius 3 is 2.39 bits per heavy atom. The van der Waals surface area contributed by atoms with Crippen LogP contribution in [0.2, 0.25) is 5.02 Å². The number of alkyl halides is 1. The van der Waals surface area contributed by atoms with Crippen LogP contribution >= 0.6 is 31.3 Å². The first-order valence-electron chi connectivity index (χ1n) is 12.0. The van der Waals surface area contributed by atoms with Crippen LogP contribution in [0.25, 0.3) is 0 Å². The number of amides is 2. The van der Waals surface area contributed by atoms with Crippen LogP contribution in [0, 0.1) is 0 Å². The first-order chi connectivity index (χ1) is 15.8. The van der Waals surface area contributed by atoms with Crippen LogP contribution < -0.4 is 10.6 Å². The molecule has 0 bridgehead atoms. The van der Waals surface area contributed by atoms with Crippen LogP contribution in [0.3, 0.4) is 0 Å². The predicted molar refractivity (Wildman–Crippen MR) is 141 cm³/mol. The van der Waals surface area contributed by atoms with Crippen LogP contribution in [0.4, 0.5) is 10.1 Å². The van der Waals surface area contributed by atoms with Gasteiger partial charge < -0.3 is 10.6 Å². The molecule has 1 aromatic rings. The molecule has 0 fully saturated rings. The molecule has 2 N–H and O–H groups in total. The van der Waals surface area contributed by atoms with E-state index in [4.69, 9.17) is 17.3 Å². The topological polar surface area (TPSA) is 63.4 Å². The molecule has 0 aromatic heterocycles. The van der Waals surface area contributed by atoms with Gasteiger partial charge in [0.2, 0.25) is 5.91 Å². The lowest BCUT2D eigenvalue weighted by atomic mass is 9.90. The third kappa shape index (κ3) is 7.97. The van der Waals surface area contributed by atoms with E-state index in [2.05, 4.69) is 6.92 Å². The molecule has 4 nitrogen and oxygen atoms in total. The summed E-state index contributed by atoms with van der Waals surface area (Å²) in [6.45, 7) is 6.69. The highest BCUT2D eigenvalue weighted by molar-refractivity contribution is 8.05. The molecule has 0 aliphatic heterocycles. The van der Waals surface area contributed by atoms with Crippen molar-refractivity contribution < 1.29 is 14.0 Å². The summed E-state index contributed by atoms with van der Waals surface area (Å²) < 4.78 is 15.2. The second-order valence-corrected chi connectivity index (χ2v) is 13.1. The molecular weight excluding hydrogens is 478 g/mol. The zero-order valence-corrected chi connectivity index (χ0v) is 22.5. The second-order valence-electron chi connectivity index (χ2n) is 8.29. The Labute approximate surface area is 208 Å². The minimum atomic E-state index is -1.03. The van der Waals surface area contributed by atoms with Crippen LogP contribution in [0.15, 0.2) is 34.2 Å². The number of unbranched alkanes of at least 4 members (excludes halogenated alkanes) is 3. The highest BCUT2D eigenvalue weighted by Crippen LogP contribution is 2.51. The lowest BCUT2D eigenvalue weighted by Gasteiger charge is -2.29. The summed E-state index contributed by atoms with van der Waals surface area (Å²) in [4.78, 5) is 28.2. The maximum atomic E-state index is 15.2. The first kappa shape index (κ1) is 28.1. The maximum Gasteiger partial charge on any atom is 0.254 e. The lowest BCUT2D eigenvalue weighted by Crippen LogP contribution is -2.36. The molecule has 1 aliphatic rings. The minimum absolute atomic E-state index is 0.187. The summed E-state index contributed by atoms with van der Waals surface area (Å²) in [5.74, 6) is -0.706. The van der Waals surface area contributed by atoms with Gasteiger partial charge in [0.1, 0.15) is 0 Å². The van der Waals surface area contributed by atoms with E-state index >= 15 is 4.39 Å². The van der Waals surface area contributed by atoms with Gasteiger partial charge in [-0.3, -0.25) is 9.59 Å². The summed E-state index contributed by atoms with van der Waals surface area (Å²) in [5.41, 5.74) is 7.23. The molecule has 33 heavy (non-hydrogen) atoms. The van der Waals surface area contributed by atoms with Crippen molar-refractivity contribution in [2.24, 2.45) is 5.73 Å². The van der Waals surface area contributed by atoms with E-state index in [1.807, 2.05) is 19.9 Å². The number of carbonyl (C=O) groups is 2. The average Bonchev–Trinajstić information content (AvgIpc) is 2.80. The number of hydrogen-bond donors (Lipinski definition) is 1. The Bertz CT molecular complexity index is 848. The van der Waals surface area contributed by atoms with E-state index in [9.17, 15) is 9.59 Å². The number of carbonyl (C=O) groups excluding carboxylic acids is 2. The molecule has 0 saturated carbocycles. The van der Waals surface area contributed by atoms with E-state index in [0.717, 1.165) is 62.6 Å². The molecule has 184 valence electrons. The summed E-state index contributed by atoms with van der Waals surface area (Å²) in [7, 11) is -0.762. The highest BCUT2D eigenvalue weighted by Gasteiger charge is 2.29. The normalized spacial score (nSPS) is 15.1. The Hall–Kier alpha value is -1.10. The number of halogens is 2. The van der Waals surface area contributed by atoms with Gasteiger partial charge in [0, 0.05) is 27.6 Å². The third-order valence-corrected chi connectivity index (χ3v) is 10.5. The summed E-state index contributed by atoms with van der Waals surface area (Å²) in [5, 5.41) is -0.516. The number of anilines is 1. The van der Waals surface area contributed by atoms with E-state index in [-0.39, 0.29) is 5.91 Å². The fraction of sp³-hybridized carbons (Fsp3) is 0.600. The molecule has 2 amide bonds. The second kappa shape index (κ2) is 14.3. The van der Waals surface area contributed by atoms with E-state index in [1.54, 1.807) is 17.0 Å². The van der Waals surface area contributed by atoms with Crippen molar-refractivity contribution in [1.82, 2.24) is 0 Å². The average molecular weight is 515 g/mol. The number of primary amides is 1. The fourth-order valence-electron chi connectivity index (χ4n) is 4.10. The van der Waals surface area contributed by atoms with E-state index in [1.165, 1.54) is 0 Å². The molecule has 8 heteroatoms. The van der Waals surface area contributed by atoms with Crippen molar-refractivity contribution in [3.05, 3.63) is 34.4 Å². The summed E-state index contributed by atoms with van der Waals surface area (Å²) in [6.07, 6.45) is 8.42. The number of thioether (sulfide) groups is 1. The quantitative estimate of drug-likeness (QED) is 0.168. The standard InChI is InChI=1S/C25H37ClFN2O2PS/c1-4-7-8-11-16-29(24(31)20-13-10-9-12-19(20)23(28)30)21-15-14-18(26)17-22(21)33-25(27)32(5-2)6-3/h14-15,17,25H,4-13,16H2,1-3H3,(H2,28,30). The molecule has 0 spiro atoms. The van der Waals surface area contributed by atoms with E-state index < -0.39 is 19.1 Å². The maximum absolute atomic E-state index is 15.2. The molecule has 1 atom stereocenters. The summed E-state index contributed by atoms with van der Waals surface area (Å²) in [6, 6.07) is 5.30. The fourth-order valence-corrected chi connectivity index (χ4v) is 7.89. The van der Waals surface area contributed by atoms with Crippen LogP contribution in [-0.2, 0) is 9.59 Å². The summed E-state index contributed by atoms with van der Waals surface area (Å²) >= 11 is 7.45. The molecular formula is C25H37ClFN2O2PS. The Morgan fingerprint density at radius 1 is 1.12 bits per heavy atom. The van der Waals surface area contributed by atoms with Crippen molar-refractivity contribution in [3.63, 3.8) is 0 Å². The number of nitrogens with two attached hydrogens (primary N) is 1. The largest absolute Gasteiger partial charge is 0.366 e. The van der Waals surface area contributed by atoms with E-state index in [0.29, 0.717) is 46.1 Å². The molecule has 0 radical (unpaired) electrons.